The zero-order valence-corrected chi connectivity index (χ0v) is 17.2. The predicted molar refractivity (Wildman–Crippen MR) is 109 cm³/mol. The first-order chi connectivity index (χ1) is 13.5. The highest BCUT2D eigenvalue weighted by atomic mass is 32.1. The van der Waals surface area contributed by atoms with Crippen LogP contribution in [0.5, 0.6) is 5.75 Å². The molecule has 7 nitrogen and oxygen atoms in total. The molecule has 1 fully saturated rings. The molecule has 2 atom stereocenters. The van der Waals surface area contributed by atoms with Crippen molar-refractivity contribution in [3.05, 3.63) is 24.3 Å². The quantitative estimate of drug-likeness (QED) is 0.705. The Hall–Kier alpha value is -2.48. The number of amides is 2. The molecule has 1 aromatic carbocycles. The monoisotopic (exact) mass is 402 g/mol. The minimum absolute atomic E-state index is 0.0230. The molecule has 2 aromatic rings. The number of methoxy groups -OCH3 is 1. The van der Waals surface area contributed by atoms with Crippen molar-refractivity contribution in [1.29, 1.82) is 0 Å². The van der Waals surface area contributed by atoms with Gasteiger partial charge in [-0.25, -0.2) is 0 Å². The molecule has 1 aliphatic rings. The Morgan fingerprint density at radius 1 is 1.32 bits per heavy atom. The Morgan fingerprint density at radius 3 is 2.75 bits per heavy atom. The van der Waals surface area contributed by atoms with Crippen LogP contribution in [-0.2, 0) is 9.59 Å². The van der Waals surface area contributed by atoms with Gasteiger partial charge in [0.2, 0.25) is 16.9 Å². The summed E-state index contributed by atoms with van der Waals surface area (Å²) in [5.74, 6) is 0.514. The van der Waals surface area contributed by atoms with E-state index in [2.05, 4.69) is 20.8 Å². The van der Waals surface area contributed by atoms with Gasteiger partial charge in [-0.1, -0.05) is 50.2 Å². The topological polar surface area (TPSA) is 93.2 Å². The fourth-order valence-corrected chi connectivity index (χ4v) is 3.72. The summed E-state index contributed by atoms with van der Waals surface area (Å²) < 4.78 is 5.23. The van der Waals surface area contributed by atoms with Crippen LogP contribution in [0.15, 0.2) is 24.3 Å². The molecule has 2 amide bonds. The van der Waals surface area contributed by atoms with Gasteiger partial charge < -0.3 is 10.1 Å². The van der Waals surface area contributed by atoms with Crippen molar-refractivity contribution in [1.82, 2.24) is 15.5 Å². The van der Waals surface area contributed by atoms with Gasteiger partial charge in [-0.3, -0.25) is 14.9 Å². The highest BCUT2D eigenvalue weighted by molar-refractivity contribution is 7.18. The maximum Gasteiger partial charge on any atom is 0.249 e. The second kappa shape index (κ2) is 9.14. The average Bonchev–Trinajstić information content (AvgIpc) is 3.12. The van der Waals surface area contributed by atoms with Crippen molar-refractivity contribution >= 4 is 28.3 Å². The first-order valence-corrected chi connectivity index (χ1v) is 10.4. The number of hydrogen-bond donors (Lipinski definition) is 2. The highest BCUT2D eigenvalue weighted by Gasteiger charge is 2.32. The number of carbonyl (C=O) groups is 2. The fraction of sp³-hybridized carbons (Fsp3) is 0.500. The molecule has 0 saturated heterocycles. The molecule has 1 heterocycles. The summed E-state index contributed by atoms with van der Waals surface area (Å²) in [4.78, 5) is 25.2. The second-order valence-corrected chi connectivity index (χ2v) is 8.11. The molecule has 2 unspecified atom stereocenters. The Morgan fingerprint density at radius 2 is 2.11 bits per heavy atom. The van der Waals surface area contributed by atoms with Crippen LogP contribution in [0.25, 0.3) is 10.6 Å². The number of carbonyl (C=O) groups excluding carboxylic acids is 2. The summed E-state index contributed by atoms with van der Waals surface area (Å²) in [5, 5.41) is 15.1. The number of benzene rings is 1. The van der Waals surface area contributed by atoms with Gasteiger partial charge in [-0.15, -0.1) is 10.2 Å². The Kier molecular flexibility index (Phi) is 6.61. The van der Waals surface area contributed by atoms with Gasteiger partial charge in [0.25, 0.3) is 0 Å². The van der Waals surface area contributed by atoms with Crippen molar-refractivity contribution < 1.29 is 14.3 Å². The van der Waals surface area contributed by atoms with Gasteiger partial charge in [-0.05, 0) is 30.9 Å². The first-order valence-electron chi connectivity index (χ1n) is 9.61. The summed E-state index contributed by atoms with van der Waals surface area (Å²) >= 11 is 1.29. The van der Waals surface area contributed by atoms with Gasteiger partial charge in [0, 0.05) is 11.5 Å². The maximum atomic E-state index is 12.8. The summed E-state index contributed by atoms with van der Waals surface area (Å²) in [5.41, 5.74) is 0.870. The molecule has 1 saturated carbocycles. The van der Waals surface area contributed by atoms with Crippen LogP contribution in [0, 0.1) is 11.8 Å². The standard InChI is InChI=1S/C20H26N4O3S/c1-4-12(2)16(21-17(25)13-7-5-8-13)18(26)22-20-24-23-19(28-20)14-9-6-10-15(11-14)27-3/h6,9-13,16H,4-5,7-8H2,1-3H3,(H,21,25)(H,22,24,26). The molecule has 28 heavy (non-hydrogen) atoms. The van der Waals surface area contributed by atoms with Crippen LogP contribution in [0.4, 0.5) is 5.13 Å². The van der Waals surface area contributed by atoms with E-state index in [1.54, 1.807) is 7.11 Å². The van der Waals surface area contributed by atoms with E-state index in [0.717, 1.165) is 37.0 Å². The van der Waals surface area contributed by atoms with E-state index in [4.69, 9.17) is 4.74 Å². The van der Waals surface area contributed by atoms with E-state index in [0.29, 0.717) is 10.1 Å². The van der Waals surface area contributed by atoms with E-state index in [9.17, 15) is 9.59 Å². The Bertz CT molecular complexity index is 834. The van der Waals surface area contributed by atoms with Crippen LogP contribution < -0.4 is 15.4 Å². The lowest BCUT2D eigenvalue weighted by atomic mass is 9.84. The molecular weight excluding hydrogens is 376 g/mol. The normalized spacial score (nSPS) is 16.0. The van der Waals surface area contributed by atoms with Crippen LogP contribution in [0.3, 0.4) is 0 Å². The highest BCUT2D eigenvalue weighted by Crippen LogP contribution is 2.29. The summed E-state index contributed by atoms with van der Waals surface area (Å²) in [6.07, 6.45) is 3.67. The van der Waals surface area contributed by atoms with Crippen LogP contribution in [0.2, 0.25) is 0 Å². The summed E-state index contributed by atoms with van der Waals surface area (Å²) in [7, 11) is 1.61. The van der Waals surface area contributed by atoms with Crippen molar-refractivity contribution in [2.45, 2.75) is 45.6 Å². The van der Waals surface area contributed by atoms with Gasteiger partial charge in [0.15, 0.2) is 0 Å². The molecule has 1 aliphatic carbocycles. The molecule has 0 bridgehead atoms. The zero-order chi connectivity index (χ0) is 20.1. The minimum atomic E-state index is -0.581. The Labute approximate surface area is 168 Å². The first kappa shape index (κ1) is 20.3. The van der Waals surface area contributed by atoms with Gasteiger partial charge in [0.1, 0.15) is 16.8 Å². The van der Waals surface area contributed by atoms with Gasteiger partial charge in [-0.2, -0.15) is 0 Å². The third kappa shape index (κ3) is 4.67. The summed E-state index contributed by atoms with van der Waals surface area (Å²) in [6, 6.07) is 6.93. The van der Waals surface area contributed by atoms with Crippen LogP contribution in [0.1, 0.15) is 39.5 Å². The average molecular weight is 403 g/mol. The molecule has 0 aliphatic heterocycles. The molecule has 1 aromatic heterocycles. The van der Waals surface area contributed by atoms with Crippen molar-refractivity contribution in [2.75, 3.05) is 12.4 Å². The van der Waals surface area contributed by atoms with E-state index >= 15 is 0 Å². The van der Waals surface area contributed by atoms with Crippen molar-refractivity contribution in [3.63, 3.8) is 0 Å². The van der Waals surface area contributed by atoms with E-state index < -0.39 is 6.04 Å². The summed E-state index contributed by atoms with van der Waals surface area (Å²) in [6.45, 7) is 3.97. The number of aromatic nitrogens is 2. The lowest BCUT2D eigenvalue weighted by molar-refractivity contribution is -0.132. The molecule has 0 spiro atoms. The van der Waals surface area contributed by atoms with Crippen LogP contribution >= 0.6 is 11.3 Å². The number of anilines is 1. The van der Waals surface area contributed by atoms with Gasteiger partial charge in [0.05, 0.1) is 7.11 Å². The molecule has 3 rings (SSSR count). The third-order valence-corrected chi connectivity index (χ3v) is 6.13. The fourth-order valence-electron chi connectivity index (χ4n) is 2.97. The smallest absolute Gasteiger partial charge is 0.249 e. The molecule has 150 valence electrons. The zero-order valence-electron chi connectivity index (χ0n) is 16.4. The number of hydrogen-bond acceptors (Lipinski definition) is 6. The molecule has 2 N–H and O–H groups in total. The lowest BCUT2D eigenvalue weighted by Crippen LogP contribution is -2.50. The minimum Gasteiger partial charge on any atom is -0.497 e. The van der Waals surface area contributed by atoms with Crippen molar-refractivity contribution in [2.24, 2.45) is 11.8 Å². The predicted octanol–water partition coefficient (Wildman–Crippen LogP) is 3.48. The van der Waals surface area contributed by atoms with Crippen molar-refractivity contribution in [3.8, 4) is 16.3 Å². The van der Waals surface area contributed by atoms with Gasteiger partial charge >= 0.3 is 0 Å². The maximum absolute atomic E-state index is 12.8. The van der Waals surface area contributed by atoms with E-state index in [1.165, 1.54) is 11.3 Å². The Balaban J connectivity index is 1.69. The lowest BCUT2D eigenvalue weighted by Gasteiger charge is -2.29. The molecule has 8 heteroatoms. The molecular formula is C20H26N4O3S. The number of nitrogens with zero attached hydrogens (tertiary/aromatic N) is 2. The molecule has 0 radical (unpaired) electrons. The SMILES string of the molecule is CCC(C)C(NC(=O)C1CCC1)C(=O)Nc1nnc(-c2cccc(OC)c2)s1. The largest absolute Gasteiger partial charge is 0.497 e. The van der Waals surface area contributed by atoms with E-state index in [-0.39, 0.29) is 23.7 Å². The van der Waals surface area contributed by atoms with E-state index in [1.807, 2.05) is 38.1 Å². The number of ether oxygens (including phenoxy) is 1. The number of nitrogens with one attached hydrogen (secondary N) is 2. The second-order valence-electron chi connectivity index (χ2n) is 7.13. The number of rotatable bonds is 8. The van der Waals surface area contributed by atoms with Crippen LogP contribution in [-0.4, -0.2) is 35.2 Å². The third-order valence-electron chi connectivity index (χ3n) is 5.24.